The van der Waals surface area contributed by atoms with Crippen LogP contribution in [0.5, 0.6) is 5.75 Å². The number of amides is 4. The summed E-state index contributed by atoms with van der Waals surface area (Å²) in [4.78, 5) is 80.8. The molecule has 4 aliphatic heterocycles. The van der Waals surface area contributed by atoms with E-state index in [1.54, 1.807) is 21.7 Å². The standard InChI is InChI=1S/C46H55ClN10O7/c1-26(2)57-37-7-5-29(19-28(37)20-39(45(57)62)63-25-41(59)48-4)50-42-35(47)23-49-46(52-42)55-13-11-31(12-14-55)64-32-21-30(22-32)53-15-17-54(18-16-53)36-8-6-33-34(27(36)3)24-56(44(33)61)38-9-10-40(58)51-43(38)60/h5-8,19-20,23,26,30-32,38H,9-18,21-22,24-25H2,1-4H3,(H,48,59)(H,49,50,52)(H,51,58,60)/t30?,32?,38-/m1/s1. The first kappa shape index (κ1) is 43.5. The van der Waals surface area contributed by atoms with E-state index in [1.807, 2.05) is 38.1 Å². The number of pyridine rings is 1. The Morgan fingerprint density at radius 1 is 0.953 bits per heavy atom. The van der Waals surface area contributed by atoms with Gasteiger partial charge in [-0.3, -0.25) is 34.2 Å². The number of nitrogens with zero attached hydrogens (tertiary/aromatic N) is 7. The number of piperidine rings is 2. The van der Waals surface area contributed by atoms with Gasteiger partial charge < -0.3 is 39.4 Å². The Labute approximate surface area is 376 Å². The maximum Gasteiger partial charge on any atom is 0.293 e. The van der Waals surface area contributed by atoms with Gasteiger partial charge in [0.15, 0.2) is 18.2 Å². The number of nitrogens with one attached hydrogen (secondary N) is 3. The normalized spacial score (nSPS) is 21.9. The van der Waals surface area contributed by atoms with Crippen LogP contribution in [0.25, 0.3) is 10.9 Å². The van der Waals surface area contributed by atoms with Gasteiger partial charge in [0.05, 0.1) is 23.9 Å². The summed E-state index contributed by atoms with van der Waals surface area (Å²) < 4.78 is 13.9. The summed E-state index contributed by atoms with van der Waals surface area (Å²) in [6.45, 7) is 11.3. The average molecular weight is 895 g/mol. The Balaban J connectivity index is 0.746. The fourth-order valence-electron chi connectivity index (χ4n) is 9.82. The summed E-state index contributed by atoms with van der Waals surface area (Å²) in [6.07, 6.45) is 6.44. The van der Waals surface area contributed by atoms with Gasteiger partial charge in [-0.2, -0.15) is 4.98 Å². The van der Waals surface area contributed by atoms with Crippen molar-refractivity contribution in [1.82, 2.24) is 35.0 Å². The lowest BCUT2D eigenvalue weighted by molar-refractivity contribution is -0.137. The van der Waals surface area contributed by atoms with Crippen LogP contribution in [0, 0.1) is 6.92 Å². The zero-order valence-corrected chi connectivity index (χ0v) is 37.4. The Morgan fingerprint density at radius 3 is 2.44 bits per heavy atom. The highest BCUT2D eigenvalue weighted by Crippen LogP contribution is 2.37. The fraction of sp³-hybridized carbons (Fsp3) is 0.500. The van der Waals surface area contributed by atoms with Gasteiger partial charge in [0.25, 0.3) is 17.4 Å². The number of carbonyl (C=O) groups excluding carboxylic acids is 4. The molecule has 1 aliphatic carbocycles. The number of fused-ring (bicyclic) bond motifs is 2. The van der Waals surface area contributed by atoms with Crippen LogP contribution in [-0.4, -0.2) is 125 Å². The topological polar surface area (TPSA) is 184 Å². The molecule has 0 spiro atoms. The van der Waals surface area contributed by atoms with Crippen molar-refractivity contribution in [3.8, 4) is 5.75 Å². The van der Waals surface area contributed by atoms with E-state index in [9.17, 15) is 24.0 Å². The number of rotatable bonds is 12. The molecule has 0 bridgehead atoms. The Hall–Kier alpha value is -5.78. The molecule has 0 unspecified atom stereocenters. The largest absolute Gasteiger partial charge is 0.478 e. The number of aromatic nitrogens is 3. The quantitative estimate of drug-likeness (QED) is 0.171. The molecule has 1 saturated carbocycles. The van der Waals surface area contributed by atoms with E-state index in [-0.39, 0.29) is 66.2 Å². The smallest absolute Gasteiger partial charge is 0.293 e. The monoisotopic (exact) mass is 894 g/mol. The summed E-state index contributed by atoms with van der Waals surface area (Å²) in [5.41, 5.74) is 5.00. The van der Waals surface area contributed by atoms with Crippen molar-refractivity contribution >= 4 is 69.3 Å². The van der Waals surface area contributed by atoms with Crippen LogP contribution in [0.2, 0.25) is 5.02 Å². The molecular formula is C46H55ClN10O7. The van der Waals surface area contributed by atoms with Crippen LogP contribution in [0.15, 0.2) is 47.4 Å². The van der Waals surface area contributed by atoms with Crippen molar-refractivity contribution < 1.29 is 28.7 Å². The minimum atomic E-state index is -0.616. The second kappa shape index (κ2) is 18.0. The summed E-state index contributed by atoms with van der Waals surface area (Å²) in [5, 5.41) is 9.36. The van der Waals surface area contributed by atoms with Crippen LogP contribution in [0.1, 0.15) is 79.9 Å². The Kier molecular flexibility index (Phi) is 12.2. The lowest BCUT2D eigenvalue weighted by Gasteiger charge is -2.48. The molecule has 4 fully saturated rings. The van der Waals surface area contributed by atoms with Gasteiger partial charge in [-0.1, -0.05) is 11.6 Å². The third kappa shape index (κ3) is 8.60. The van der Waals surface area contributed by atoms with E-state index in [1.165, 1.54) is 7.05 Å². The van der Waals surface area contributed by atoms with Crippen molar-refractivity contribution in [3.05, 3.63) is 74.7 Å². The first-order valence-corrected chi connectivity index (χ1v) is 22.7. The number of piperazine rings is 1. The minimum Gasteiger partial charge on any atom is -0.478 e. The molecule has 3 N–H and O–H groups in total. The van der Waals surface area contributed by atoms with Crippen LogP contribution >= 0.6 is 11.6 Å². The first-order valence-electron chi connectivity index (χ1n) is 22.3. The number of halogens is 1. The van der Waals surface area contributed by atoms with E-state index in [0.717, 1.165) is 92.7 Å². The van der Waals surface area contributed by atoms with Crippen LogP contribution in [0.3, 0.4) is 0 Å². The number of hydrogen-bond donors (Lipinski definition) is 3. The maximum atomic E-state index is 13.3. The van der Waals surface area contributed by atoms with Crippen molar-refractivity contribution in [1.29, 1.82) is 0 Å². The SMILES string of the molecule is CNC(=O)COc1cc2cc(Nc3nc(N4CCC(OC5CC(N6CCN(c7ccc8c(c7C)CN([C@@H]7CCC(=O)NC7=O)C8=O)CC6)C5)CC4)ncc3Cl)ccc2n(C(C)C)c1=O. The molecule has 338 valence electrons. The fourth-order valence-corrected chi connectivity index (χ4v) is 9.96. The molecule has 9 rings (SSSR count). The van der Waals surface area contributed by atoms with E-state index >= 15 is 0 Å². The van der Waals surface area contributed by atoms with E-state index < -0.39 is 6.04 Å². The number of benzene rings is 2. The summed E-state index contributed by atoms with van der Waals surface area (Å²) >= 11 is 6.60. The zero-order valence-electron chi connectivity index (χ0n) is 36.7. The van der Waals surface area contributed by atoms with Crippen LogP contribution < -0.4 is 36.0 Å². The molecule has 17 nitrogen and oxygen atoms in total. The molecule has 6 heterocycles. The van der Waals surface area contributed by atoms with Crippen molar-refractivity contribution in [2.24, 2.45) is 0 Å². The number of likely N-dealkylation sites (N-methyl/N-ethyl adjacent to an activating group) is 1. The highest BCUT2D eigenvalue weighted by molar-refractivity contribution is 6.33. The molecule has 0 radical (unpaired) electrons. The summed E-state index contributed by atoms with van der Waals surface area (Å²) in [7, 11) is 1.52. The highest BCUT2D eigenvalue weighted by atomic mass is 35.5. The molecule has 18 heteroatoms. The van der Waals surface area contributed by atoms with Gasteiger partial charge in [-0.05, 0) is 100 Å². The molecule has 64 heavy (non-hydrogen) atoms. The van der Waals surface area contributed by atoms with E-state index in [2.05, 4.69) is 48.6 Å². The molecule has 1 atom stereocenters. The van der Waals surface area contributed by atoms with Gasteiger partial charge in [0.1, 0.15) is 11.1 Å². The second-order valence-corrected chi connectivity index (χ2v) is 18.1. The minimum absolute atomic E-state index is 0.0940. The first-order chi connectivity index (χ1) is 30.8. The van der Waals surface area contributed by atoms with Crippen molar-refractivity contribution in [3.63, 3.8) is 0 Å². The van der Waals surface area contributed by atoms with Crippen molar-refractivity contribution in [2.75, 3.05) is 68.0 Å². The predicted octanol–water partition coefficient (Wildman–Crippen LogP) is 4.30. The van der Waals surface area contributed by atoms with Gasteiger partial charge in [0.2, 0.25) is 17.8 Å². The van der Waals surface area contributed by atoms with E-state index in [0.29, 0.717) is 47.0 Å². The molecule has 4 aromatic rings. The number of hydrogen-bond acceptors (Lipinski definition) is 13. The van der Waals surface area contributed by atoms with Gasteiger partial charge in [-0.25, -0.2) is 4.98 Å². The average Bonchev–Trinajstić information content (AvgIpc) is 3.61. The molecule has 4 amide bonds. The molecular weight excluding hydrogens is 840 g/mol. The molecule has 3 saturated heterocycles. The third-order valence-corrected chi connectivity index (χ3v) is 13.8. The summed E-state index contributed by atoms with van der Waals surface area (Å²) in [6, 6.07) is 11.0. The Morgan fingerprint density at radius 2 is 1.72 bits per heavy atom. The number of anilines is 4. The van der Waals surface area contributed by atoms with Crippen LogP contribution in [0.4, 0.5) is 23.1 Å². The van der Waals surface area contributed by atoms with E-state index in [4.69, 9.17) is 26.1 Å². The lowest BCUT2D eigenvalue weighted by Crippen LogP contribution is -2.56. The number of imide groups is 1. The lowest BCUT2D eigenvalue weighted by atomic mass is 9.87. The van der Waals surface area contributed by atoms with Crippen LogP contribution in [-0.2, 0) is 25.7 Å². The maximum absolute atomic E-state index is 13.3. The third-order valence-electron chi connectivity index (χ3n) is 13.5. The molecule has 5 aliphatic rings. The van der Waals surface area contributed by atoms with Gasteiger partial charge in [-0.15, -0.1) is 0 Å². The van der Waals surface area contributed by atoms with Crippen molar-refractivity contribution in [2.45, 2.75) is 96.2 Å². The molecule has 2 aromatic heterocycles. The predicted molar refractivity (Wildman–Crippen MR) is 243 cm³/mol. The van der Waals surface area contributed by atoms with Gasteiger partial charge >= 0.3 is 0 Å². The Bertz CT molecular complexity index is 2550. The number of carbonyl (C=O) groups is 4. The second-order valence-electron chi connectivity index (χ2n) is 17.7. The zero-order chi connectivity index (χ0) is 44.8. The van der Waals surface area contributed by atoms with Gasteiger partial charge in [0, 0.05) is 93.7 Å². The highest BCUT2D eigenvalue weighted by Gasteiger charge is 2.41. The summed E-state index contributed by atoms with van der Waals surface area (Å²) in [5.74, 6) is 0.00770. The molecule has 2 aromatic carbocycles. The number of ether oxygens (including phenoxy) is 2.